The van der Waals surface area contributed by atoms with Crippen LogP contribution in [0.5, 0.6) is 0 Å². The van der Waals surface area contributed by atoms with Crippen molar-refractivity contribution in [2.45, 2.75) is 25.3 Å². The number of nitrogens with one attached hydrogen (secondary N) is 2. The Balaban J connectivity index is 1.66. The Morgan fingerprint density at radius 2 is 2.14 bits per heavy atom. The topological polar surface area (TPSA) is 112 Å². The number of amides is 2. The summed E-state index contributed by atoms with van der Waals surface area (Å²) in [6.45, 7) is 0. The fourth-order valence-corrected chi connectivity index (χ4v) is 3.33. The predicted octanol–water partition coefficient (Wildman–Crippen LogP) is 2.27. The lowest BCUT2D eigenvalue weighted by molar-refractivity contribution is -0.124. The van der Waals surface area contributed by atoms with Crippen molar-refractivity contribution in [1.29, 1.82) is 5.26 Å². The van der Waals surface area contributed by atoms with E-state index in [1.807, 2.05) is 18.2 Å². The fraction of sp³-hybridized carbons (Fsp3) is 0.190. The SMILES string of the molecule is N#Cc1cccc(-c2cc(NC3CC3)n3ncc(/C=C4\CC(=O)NC4=O)c3n2)c1. The van der Waals surface area contributed by atoms with E-state index in [4.69, 9.17) is 4.98 Å². The van der Waals surface area contributed by atoms with Gasteiger partial charge >= 0.3 is 0 Å². The van der Waals surface area contributed by atoms with Gasteiger partial charge in [-0.2, -0.15) is 14.9 Å². The molecule has 2 fully saturated rings. The molecule has 5 rings (SSSR count). The summed E-state index contributed by atoms with van der Waals surface area (Å²) in [4.78, 5) is 28.2. The van der Waals surface area contributed by atoms with Gasteiger partial charge in [-0.1, -0.05) is 12.1 Å². The zero-order chi connectivity index (χ0) is 20.0. The number of imide groups is 1. The summed E-state index contributed by atoms with van der Waals surface area (Å²) >= 11 is 0. The minimum absolute atomic E-state index is 0.0489. The van der Waals surface area contributed by atoms with Crippen molar-refractivity contribution in [1.82, 2.24) is 19.9 Å². The monoisotopic (exact) mass is 384 g/mol. The van der Waals surface area contributed by atoms with Gasteiger partial charge in [0.15, 0.2) is 5.65 Å². The largest absolute Gasteiger partial charge is 0.367 e. The van der Waals surface area contributed by atoms with Crippen LogP contribution in [0.25, 0.3) is 23.0 Å². The minimum atomic E-state index is -0.386. The molecule has 1 saturated carbocycles. The summed E-state index contributed by atoms with van der Waals surface area (Å²) in [6, 6.07) is 11.7. The molecule has 2 N–H and O–H groups in total. The Morgan fingerprint density at radius 1 is 1.28 bits per heavy atom. The van der Waals surface area contributed by atoms with Crippen molar-refractivity contribution in [3.63, 3.8) is 0 Å². The van der Waals surface area contributed by atoms with Crippen molar-refractivity contribution in [2.75, 3.05) is 5.32 Å². The second-order valence-corrected chi connectivity index (χ2v) is 7.20. The average molecular weight is 384 g/mol. The van der Waals surface area contributed by atoms with E-state index in [2.05, 4.69) is 21.8 Å². The van der Waals surface area contributed by atoms with Crippen LogP contribution < -0.4 is 10.6 Å². The van der Waals surface area contributed by atoms with E-state index in [9.17, 15) is 14.9 Å². The van der Waals surface area contributed by atoms with Crippen LogP contribution in [0.4, 0.5) is 5.82 Å². The lowest BCUT2D eigenvalue weighted by Gasteiger charge is -2.10. The maximum absolute atomic E-state index is 11.9. The predicted molar refractivity (Wildman–Crippen MR) is 106 cm³/mol. The number of carbonyl (C=O) groups is 2. The van der Waals surface area contributed by atoms with E-state index in [0.29, 0.717) is 34.1 Å². The van der Waals surface area contributed by atoms with E-state index < -0.39 is 0 Å². The number of aromatic nitrogens is 3. The summed E-state index contributed by atoms with van der Waals surface area (Å²) in [5, 5.41) is 19.4. The summed E-state index contributed by atoms with van der Waals surface area (Å²) in [5.74, 6) is 0.103. The van der Waals surface area contributed by atoms with Crippen molar-refractivity contribution >= 4 is 29.4 Å². The Morgan fingerprint density at radius 3 is 2.86 bits per heavy atom. The number of hydrogen-bond donors (Lipinski definition) is 2. The molecular weight excluding hydrogens is 368 g/mol. The highest BCUT2D eigenvalue weighted by molar-refractivity contribution is 6.15. The maximum Gasteiger partial charge on any atom is 0.254 e. The van der Waals surface area contributed by atoms with Gasteiger partial charge in [0.05, 0.1) is 29.9 Å². The summed E-state index contributed by atoms with van der Waals surface area (Å²) < 4.78 is 1.71. The first kappa shape index (κ1) is 17.1. The van der Waals surface area contributed by atoms with Gasteiger partial charge in [-0.05, 0) is 31.1 Å². The zero-order valence-electron chi connectivity index (χ0n) is 15.3. The highest BCUT2D eigenvalue weighted by Gasteiger charge is 2.25. The molecule has 2 amide bonds. The average Bonchev–Trinajstić information content (AvgIpc) is 3.36. The van der Waals surface area contributed by atoms with Crippen molar-refractivity contribution < 1.29 is 9.59 Å². The first-order valence-electron chi connectivity index (χ1n) is 9.31. The lowest BCUT2D eigenvalue weighted by atomic mass is 10.1. The van der Waals surface area contributed by atoms with Crippen LogP contribution in [0.3, 0.4) is 0 Å². The van der Waals surface area contributed by atoms with Gasteiger partial charge in [0, 0.05) is 28.8 Å². The molecule has 1 aromatic carbocycles. The molecular formula is C21H16N6O2. The fourth-order valence-electron chi connectivity index (χ4n) is 3.33. The van der Waals surface area contributed by atoms with Crippen LogP contribution in [-0.2, 0) is 9.59 Å². The number of fused-ring (bicyclic) bond motifs is 1. The molecule has 0 bridgehead atoms. The molecule has 1 aliphatic carbocycles. The van der Waals surface area contributed by atoms with Crippen LogP contribution in [-0.4, -0.2) is 32.5 Å². The van der Waals surface area contributed by atoms with Crippen LogP contribution in [0.15, 0.2) is 42.1 Å². The van der Waals surface area contributed by atoms with E-state index in [0.717, 1.165) is 24.2 Å². The second kappa shape index (κ2) is 6.56. The third-order valence-electron chi connectivity index (χ3n) is 4.94. The number of carbonyl (C=O) groups excluding carboxylic acids is 2. The number of nitriles is 1. The highest BCUT2D eigenvalue weighted by Crippen LogP contribution is 2.29. The van der Waals surface area contributed by atoms with Crippen LogP contribution in [0.1, 0.15) is 30.4 Å². The van der Waals surface area contributed by atoms with Gasteiger partial charge < -0.3 is 5.32 Å². The molecule has 29 heavy (non-hydrogen) atoms. The molecule has 8 heteroatoms. The molecule has 0 spiro atoms. The van der Waals surface area contributed by atoms with Crippen LogP contribution >= 0.6 is 0 Å². The van der Waals surface area contributed by atoms with Gasteiger partial charge in [-0.25, -0.2) is 4.98 Å². The molecule has 2 aliphatic rings. The molecule has 0 radical (unpaired) electrons. The summed E-state index contributed by atoms with van der Waals surface area (Å²) in [6.07, 6.45) is 5.55. The summed E-state index contributed by atoms with van der Waals surface area (Å²) in [5.41, 5.74) is 3.69. The smallest absolute Gasteiger partial charge is 0.254 e. The van der Waals surface area contributed by atoms with Gasteiger partial charge in [0.1, 0.15) is 5.82 Å². The first-order valence-corrected chi connectivity index (χ1v) is 9.31. The molecule has 1 saturated heterocycles. The molecule has 0 unspecified atom stereocenters. The van der Waals surface area contributed by atoms with Gasteiger partial charge in [0.2, 0.25) is 5.91 Å². The Bertz CT molecular complexity index is 1250. The Labute approximate surface area is 165 Å². The summed E-state index contributed by atoms with van der Waals surface area (Å²) in [7, 11) is 0. The van der Waals surface area contributed by atoms with Gasteiger partial charge in [0.25, 0.3) is 5.91 Å². The number of benzene rings is 1. The first-order chi connectivity index (χ1) is 14.1. The number of rotatable bonds is 4. The zero-order valence-corrected chi connectivity index (χ0v) is 15.3. The molecule has 1 aliphatic heterocycles. The van der Waals surface area contributed by atoms with Crippen molar-refractivity contribution in [3.05, 3.63) is 53.2 Å². The maximum atomic E-state index is 11.9. The van der Waals surface area contributed by atoms with Crippen LogP contribution in [0, 0.1) is 11.3 Å². The third-order valence-corrected chi connectivity index (χ3v) is 4.94. The number of hydrogen-bond acceptors (Lipinski definition) is 6. The second-order valence-electron chi connectivity index (χ2n) is 7.20. The Kier molecular flexibility index (Phi) is 3.88. The standard InChI is InChI=1S/C21H16N6O2/c22-10-12-2-1-3-13(6-12)17-9-18(24-16-4-5-16)27-20(25-17)15(11-23-27)7-14-8-19(28)26-21(14)29/h1-3,6-7,9,11,16,24H,4-5,8H2,(H,26,28,29)/b14-7+. The molecule has 3 heterocycles. The van der Waals surface area contributed by atoms with Gasteiger partial charge in [-0.15, -0.1) is 0 Å². The van der Waals surface area contributed by atoms with Crippen molar-refractivity contribution in [3.8, 4) is 17.3 Å². The third kappa shape index (κ3) is 3.23. The van der Waals surface area contributed by atoms with Crippen LogP contribution in [0.2, 0.25) is 0 Å². The highest BCUT2D eigenvalue weighted by atomic mass is 16.2. The normalized spacial score (nSPS) is 17.6. The van der Waals surface area contributed by atoms with E-state index >= 15 is 0 Å². The molecule has 0 atom stereocenters. The quantitative estimate of drug-likeness (QED) is 0.527. The van der Waals surface area contributed by atoms with E-state index in [1.165, 1.54) is 0 Å². The minimum Gasteiger partial charge on any atom is -0.367 e. The van der Waals surface area contributed by atoms with E-state index in [1.54, 1.807) is 28.9 Å². The van der Waals surface area contributed by atoms with E-state index in [-0.39, 0.29) is 18.2 Å². The van der Waals surface area contributed by atoms with Crippen molar-refractivity contribution in [2.24, 2.45) is 0 Å². The molecule has 142 valence electrons. The number of nitrogens with zero attached hydrogens (tertiary/aromatic N) is 4. The lowest BCUT2D eigenvalue weighted by Crippen LogP contribution is -2.19. The number of anilines is 1. The molecule has 2 aromatic heterocycles. The molecule has 8 nitrogen and oxygen atoms in total. The Hall–Kier alpha value is -3.99. The molecule has 3 aromatic rings. The van der Waals surface area contributed by atoms with Gasteiger partial charge in [-0.3, -0.25) is 14.9 Å².